The summed E-state index contributed by atoms with van der Waals surface area (Å²) in [4.78, 5) is 8.61. The van der Waals surface area contributed by atoms with E-state index in [1.54, 1.807) is 26.4 Å². The first-order valence-electron chi connectivity index (χ1n) is 9.18. The van der Waals surface area contributed by atoms with Crippen molar-refractivity contribution in [2.45, 2.75) is 25.6 Å². The van der Waals surface area contributed by atoms with Gasteiger partial charge in [0, 0.05) is 12.8 Å². The van der Waals surface area contributed by atoms with Gasteiger partial charge >= 0.3 is 6.43 Å². The molecule has 1 heterocycles. The topological polar surface area (TPSA) is 88.5 Å². The zero-order chi connectivity index (χ0) is 21.5. The first-order chi connectivity index (χ1) is 14.5. The van der Waals surface area contributed by atoms with Crippen LogP contribution in [0.5, 0.6) is 17.2 Å². The van der Waals surface area contributed by atoms with Gasteiger partial charge in [-0.25, -0.2) is 18.7 Å². The van der Waals surface area contributed by atoms with Crippen LogP contribution in [0.25, 0.3) is 0 Å². The molecule has 1 atom stereocenters. The zero-order valence-corrected chi connectivity index (χ0v) is 17.2. The van der Waals surface area contributed by atoms with Gasteiger partial charge in [0.1, 0.15) is 17.3 Å². The van der Waals surface area contributed by atoms with Crippen molar-refractivity contribution in [3.63, 3.8) is 0 Å². The fourth-order valence-corrected chi connectivity index (χ4v) is 2.79. The Hall–Kier alpha value is -3.33. The molecular weight excluding hydrogens is 411 g/mol. The van der Waals surface area contributed by atoms with Crippen molar-refractivity contribution in [1.29, 1.82) is 0 Å². The number of halogens is 3. The summed E-state index contributed by atoms with van der Waals surface area (Å²) in [6.07, 6.45) is -4.12. The number of benzene rings is 2. The highest BCUT2D eigenvalue weighted by atomic mass is 19.3. The minimum absolute atomic E-state index is 0. The molecule has 0 aliphatic rings. The lowest BCUT2D eigenvalue weighted by atomic mass is 10.1. The van der Waals surface area contributed by atoms with Crippen LogP contribution in [0.2, 0.25) is 0 Å². The summed E-state index contributed by atoms with van der Waals surface area (Å²) in [5.74, 6) is 1.75. The number of aromatic nitrogens is 2. The number of rotatable bonds is 9. The lowest BCUT2D eigenvalue weighted by molar-refractivity contribution is -0.0676. The normalized spacial score (nSPS) is 11.5. The van der Waals surface area contributed by atoms with Gasteiger partial charge < -0.3 is 20.4 Å². The minimum atomic E-state index is -3.27. The van der Waals surface area contributed by atoms with Crippen LogP contribution < -0.4 is 20.4 Å². The molecule has 3 aromatic rings. The Morgan fingerprint density at radius 3 is 1.81 bits per heavy atom. The van der Waals surface area contributed by atoms with Gasteiger partial charge in [-0.05, 0) is 35.4 Å². The van der Waals surface area contributed by atoms with E-state index in [9.17, 15) is 13.2 Å². The van der Waals surface area contributed by atoms with Crippen LogP contribution in [0.15, 0.2) is 54.7 Å². The molecule has 3 N–H and O–H groups in total. The summed E-state index contributed by atoms with van der Waals surface area (Å²) in [5, 5.41) is 0. The Balaban J connectivity index is 0.00000341. The van der Waals surface area contributed by atoms with Crippen LogP contribution in [-0.2, 0) is 12.8 Å². The van der Waals surface area contributed by atoms with Gasteiger partial charge in [0.2, 0.25) is 0 Å². The van der Waals surface area contributed by atoms with Crippen molar-refractivity contribution in [2.75, 3.05) is 14.2 Å². The smallest absolute Gasteiger partial charge is 0.304 e. The van der Waals surface area contributed by atoms with Crippen molar-refractivity contribution in [3.05, 3.63) is 77.4 Å². The summed E-state index contributed by atoms with van der Waals surface area (Å²) in [5.41, 5.74) is 2.10. The number of hydrogen-bond donors (Lipinski definition) is 1. The van der Waals surface area contributed by atoms with Crippen molar-refractivity contribution < 1.29 is 27.4 Å². The van der Waals surface area contributed by atoms with Crippen molar-refractivity contribution in [1.82, 2.24) is 16.1 Å². The second-order valence-electron chi connectivity index (χ2n) is 6.45. The van der Waals surface area contributed by atoms with Gasteiger partial charge in [-0.2, -0.15) is 4.39 Å². The summed E-state index contributed by atoms with van der Waals surface area (Å²) in [6.45, 7) is 0. The Morgan fingerprint density at radius 1 is 0.806 bits per heavy atom. The fourth-order valence-electron chi connectivity index (χ4n) is 2.79. The Kier molecular flexibility index (Phi) is 8.63. The van der Waals surface area contributed by atoms with E-state index in [1.165, 1.54) is 6.20 Å². The predicted molar refractivity (Wildman–Crippen MR) is 110 cm³/mol. The highest BCUT2D eigenvalue weighted by Gasteiger charge is 2.23. The molecule has 0 amide bonds. The van der Waals surface area contributed by atoms with E-state index in [0.29, 0.717) is 23.7 Å². The first kappa shape index (κ1) is 23.9. The molecule has 0 aliphatic heterocycles. The van der Waals surface area contributed by atoms with Crippen LogP contribution in [0, 0.1) is 0 Å². The minimum Gasteiger partial charge on any atom is -0.497 e. The molecule has 0 radical (unpaired) electrons. The van der Waals surface area contributed by atoms with E-state index in [1.807, 2.05) is 36.4 Å². The third-order valence-corrected chi connectivity index (χ3v) is 4.37. The molecule has 1 unspecified atom stereocenters. The van der Waals surface area contributed by atoms with Gasteiger partial charge in [-0.15, -0.1) is 0 Å². The fraction of sp³-hybridized carbons (Fsp3) is 0.273. The average Bonchev–Trinajstić information content (AvgIpc) is 2.76. The van der Waals surface area contributed by atoms with Gasteiger partial charge in [-0.1, -0.05) is 24.3 Å². The molecule has 2 aromatic carbocycles. The molecule has 3 rings (SSSR count). The maximum atomic E-state index is 13.5. The van der Waals surface area contributed by atoms with Gasteiger partial charge in [0.15, 0.2) is 5.75 Å². The monoisotopic (exact) mass is 435 g/mol. The molecule has 0 bridgehead atoms. The van der Waals surface area contributed by atoms with Crippen molar-refractivity contribution in [3.8, 4) is 17.2 Å². The molecule has 0 aliphatic carbocycles. The largest absolute Gasteiger partial charge is 0.497 e. The summed E-state index contributed by atoms with van der Waals surface area (Å²) in [7, 11) is 3.14. The van der Waals surface area contributed by atoms with Crippen LogP contribution >= 0.6 is 0 Å². The zero-order valence-electron chi connectivity index (χ0n) is 17.2. The van der Waals surface area contributed by atoms with Crippen LogP contribution in [0.4, 0.5) is 13.2 Å². The van der Waals surface area contributed by atoms with E-state index in [-0.39, 0.29) is 18.3 Å². The highest BCUT2D eigenvalue weighted by Crippen LogP contribution is 2.24. The van der Waals surface area contributed by atoms with E-state index >= 15 is 0 Å². The molecular formula is C22H24F3N3O3. The molecule has 6 nitrogen and oxygen atoms in total. The summed E-state index contributed by atoms with van der Waals surface area (Å²) < 4.78 is 53.8. The van der Waals surface area contributed by atoms with E-state index in [0.717, 1.165) is 16.9 Å². The number of hydrogen-bond acceptors (Lipinski definition) is 6. The molecule has 31 heavy (non-hydrogen) atoms. The standard InChI is InChI=1S/C22H21F3N2O3.H3N/c1-28-16-7-3-14(4-8-16)11-18-19(30-22(25)21(23)24)13-26-20(27-18)12-15-5-9-17(29-2)10-6-15;/h3-10,13,21-22H,11-12H2,1-2H3;1H3. The number of alkyl halides is 3. The third-order valence-electron chi connectivity index (χ3n) is 4.37. The van der Waals surface area contributed by atoms with Gasteiger partial charge in [0.25, 0.3) is 6.36 Å². The first-order valence-corrected chi connectivity index (χ1v) is 9.18. The van der Waals surface area contributed by atoms with Crippen molar-refractivity contribution in [2.24, 2.45) is 0 Å². The number of ether oxygens (including phenoxy) is 3. The second kappa shape index (κ2) is 11.2. The molecule has 0 saturated carbocycles. The van der Waals surface area contributed by atoms with Gasteiger partial charge in [0.05, 0.1) is 26.1 Å². The number of nitrogens with zero attached hydrogens (tertiary/aromatic N) is 2. The SMILES string of the molecule is COc1ccc(Cc2ncc(OC(F)C(F)F)c(Cc3ccc(OC)cc3)n2)cc1.N. The molecule has 166 valence electrons. The summed E-state index contributed by atoms with van der Waals surface area (Å²) >= 11 is 0. The Bertz CT molecular complexity index is 954. The third kappa shape index (κ3) is 6.58. The Morgan fingerprint density at radius 2 is 1.32 bits per heavy atom. The lowest BCUT2D eigenvalue weighted by Gasteiger charge is -2.14. The van der Waals surface area contributed by atoms with E-state index in [4.69, 9.17) is 14.2 Å². The number of methoxy groups -OCH3 is 2. The van der Waals surface area contributed by atoms with E-state index < -0.39 is 12.8 Å². The molecule has 9 heteroatoms. The summed E-state index contributed by atoms with van der Waals surface area (Å²) in [6, 6.07) is 14.6. The predicted octanol–water partition coefficient (Wildman–Crippen LogP) is 4.78. The van der Waals surface area contributed by atoms with Gasteiger partial charge in [-0.3, -0.25) is 0 Å². The van der Waals surface area contributed by atoms with E-state index in [2.05, 4.69) is 9.97 Å². The maximum Gasteiger partial charge on any atom is 0.304 e. The van der Waals surface area contributed by atoms with Crippen LogP contribution in [0.3, 0.4) is 0 Å². The Labute approximate surface area is 178 Å². The molecule has 0 saturated heterocycles. The molecule has 0 fully saturated rings. The van der Waals surface area contributed by atoms with Crippen LogP contribution in [0.1, 0.15) is 22.6 Å². The van der Waals surface area contributed by atoms with Crippen LogP contribution in [-0.4, -0.2) is 37.0 Å². The maximum absolute atomic E-state index is 13.5. The van der Waals surface area contributed by atoms with Crippen molar-refractivity contribution >= 4 is 0 Å². The average molecular weight is 435 g/mol. The molecule has 0 spiro atoms. The quantitative estimate of drug-likeness (QED) is 0.521. The lowest BCUT2D eigenvalue weighted by Crippen LogP contribution is -2.21. The molecule has 1 aromatic heterocycles. The second-order valence-corrected chi connectivity index (χ2v) is 6.45. The highest BCUT2D eigenvalue weighted by molar-refractivity contribution is 5.35.